The first-order valence-electron chi connectivity index (χ1n) is 6.93. The Balaban J connectivity index is 1.97. The van der Waals surface area contributed by atoms with Crippen LogP contribution in [0.5, 0.6) is 11.5 Å². The minimum atomic E-state index is 0.605. The molecular formula is C15H22ClNO3. The van der Waals surface area contributed by atoms with Crippen molar-refractivity contribution < 1.29 is 14.2 Å². The van der Waals surface area contributed by atoms with E-state index in [-0.39, 0.29) is 0 Å². The van der Waals surface area contributed by atoms with Gasteiger partial charge in [0.25, 0.3) is 0 Å². The minimum absolute atomic E-state index is 0.605. The van der Waals surface area contributed by atoms with Crippen LogP contribution in [-0.2, 0) is 11.3 Å². The Morgan fingerprint density at radius 3 is 2.75 bits per heavy atom. The summed E-state index contributed by atoms with van der Waals surface area (Å²) in [7, 11) is 3.32. The molecule has 0 spiro atoms. The second kappa shape index (κ2) is 7.72. The molecule has 0 aromatic heterocycles. The summed E-state index contributed by atoms with van der Waals surface area (Å²) in [5.74, 6) is 2.04. The van der Waals surface area contributed by atoms with E-state index in [1.54, 1.807) is 14.2 Å². The molecule has 5 heteroatoms. The number of hydrogen-bond acceptors (Lipinski definition) is 4. The summed E-state index contributed by atoms with van der Waals surface area (Å²) in [4.78, 5) is 0. The molecule has 1 aromatic rings. The van der Waals surface area contributed by atoms with Crippen molar-refractivity contribution in [2.24, 2.45) is 5.92 Å². The molecule has 2 rings (SSSR count). The molecule has 0 bridgehead atoms. The van der Waals surface area contributed by atoms with Crippen molar-refractivity contribution in [1.29, 1.82) is 0 Å². The SMILES string of the molecule is COCCNCc1cc(Cl)c(OCC2CC2)c(OC)c1. The van der Waals surface area contributed by atoms with Crippen LogP contribution in [0.15, 0.2) is 12.1 Å². The highest BCUT2D eigenvalue weighted by Crippen LogP contribution is 2.38. The zero-order valence-corrected chi connectivity index (χ0v) is 12.8. The smallest absolute Gasteiger partial charge is 0.179 e. The number of benzene rings is 1. The van der Waals surface area contributed by atoms with Gasteiger partial charge in [-0.05, 0) is 36.5 Å². The monoisotopic (exact) mass is 299 g/mol. The molecule has 1 aliphatic rings. The van der Waals surface area contributed by atoms with Crippen LogP contribution >= 0.6 is 11.6 Å². The molecule has 0 unspecified atom stereocenters. The largest absolute Gasteiger partial charge is 0.493 e. The lowest BCUT2D eigenvalue weighted by atomic mass is 10.2. The van der Waals surface area contributed by atoms with Crippen molar-refractivity contribution in [3.8, 4) is 11.5 Å². The Kier molecular flexibility index (Phi) is 5.95. The molecule has 0 radical (unpaired) electrons. The molecule has 0 saturated heterocycles. The minimum Gasteiger partial charge on any atom is -0.493 e. The fraction of sp³-hybridized carbons (Fsp3) is 0.600. The number of methoxy groups -OCH3 is 2. The zero-order valence-electron chi connectivity index (χ0n) is 12.1. The van der Waals surface area contributed by atoms with Gasteiger partial charge in [0, 0.05) is 20.2 Å². The van der Waals surface area contributed by atoms with Crippen molar-refractivity contribution >= 4 is 11.6 Å². The van der Waals surface area contributed by atoms with E-state index in [0.717, 1.165) is 25.3 Å². The summed E-state index contributed by atoms with van der Waals surface area (Å²) in [6.45, 7) is 2.94. The van der Waals surface area contributed by atoms with Crippen LogP contribution in [0.2, 0.25) is 5.02 Å². The maximum Gasteiger partial charge on any atom is 0.179 e. The van der Waals surface area contributed by atoms with E-state index in [9.17, 15) is 0 Å². The zero-order chi connectivity index (χ0) is 14.4. The molecule has 0 atom stereocenters. The molecule has 1 saturated carbocycles. The maximum absolute atomic E-state index is 6.30. The van der Waals surface area contributed by atoms with E-state index in [0.29, 0.717) is 29.0 Å². The molecule has 0 aliphatic heterocycles. The summed E-state index contributed by atoms with van der Waals surface area (Å²) >= 11 is 6.30. The van der Waals surface area contributed by atoms with Gasteiger partial charge in [0.1, 0.15) is 0 Å². The van der Waals surface area contributed by atoms with Gasteiger partial charge in [-0.3, -0.25) is 0 Å². The number of ether oxygens (including phenoxy) is 3. The molecular weight excluding hydrogens is 278 g/mol. The van der Waals surface area contributed by atoms with Gasteiger partial charge in [0.2, 0.25) is 0 Å². The first-order valence-corrected chi connectivity index (χ1v) is 7.31. The average molecular weight is 300 g/mol. The van der Waals surface area contributed by atoms with Crippen LogP contribution in [0.4, 0.5) is 0 Å². The molecule has 0 amide bonds. The van der Waals surface area contributed by atoms with Crippen LogP contribution in [0, 0.1) is 5.92 Å². The standard InChI is InChI=1S/C15H22ClNO3/c1-18-6-5-17-9-12-7-13(16)15(14(8-12)19-2)20-10-11-3-4-11/h7-8,11,17H,3-6,9-10H2,1-2H3. The Hall–Kier alpha value is -0.970. The molecule has 20 heavy (non-hydrogen) atoms. The van der Waals surface area contributed by atoms with Crippen molar-refractivity contribution in [3.63, 3.8) is 0 Å². The van der Waals surface area contributed by atoms with Crippen LogP contribution < -0.4 is 14.8 Å². The molecule has 4 nitrogen and oxygen atoms in total. The number of hydrogen-bond donors (Lipinski definition) is 1. The lowest BCUT2D eigenvalue weighted by Gasteiger charge is -2.14. The third-order valence-electron chi connectivity index (χ3n) is 3.26. The van der Waals surface area contributed by atoms with Crippen LogP contribution in [-0.4, -0.2) is 34.0 Å². The maximum atomic E-state index is 6.30. The van der Waals surface area contributed by atoms with Gasteiger partial charge in [-0.25, -0.2) is 0 Å². The van der Waals surface area contributed by atoms with Gasteiger partial charge in [0.05, 0.1) is 25.3 Å². The molecule has 1 fully saturated rings. The predicted octanol–water partition coefficient (Wildman–Crippen LogP) is 2.87. The third kappa shape index (κ3) is 4.54. The van der Waals surface area contributed by atoms with Gasteiger partial charge in [-0.1, -0.05) is 11.6 Å². The third-order valence-corrected chi connectivity index (χ3v) is 3.54. The Labute approximate surface area is 125 Å². The Morgan fingerprint density at radius 1 is 1.30 bits per heavy atom. The van der Waals surface area contributed by atoms with E-state index >= 15 is 0 Å². The normalized spacial score (nSPS) is 14.3. The summed E-state index contributed by atoms with van der Waals surface area (Å²) in [5, 5.41) is 3.89. The molecule has 112 valence electrons. The van der Waals surface area contributed by atoms with Crippen molar-refractivity contribution in [2.75, 3.05) is 34.0 Å². The summed E-state index contributed by atoms with van der Waals surface area (Å²) < 4.78 is 16.2. The number of halogens is 1. The van der Waals surface area contributed by atoms with Crippen molar-refractivity contribution in [2.45, 2.75) is 19.4 Å². The van der Waals surface area contributed by atoms with Crippen LogP contribution in [0.1, 0.15) is 18.4 Å². The van der Waals surface area contributed by atoms with Gasteiger partial charge < -0.3 is 19.5 Å². The molecule has 1 aliphatic carbocycles. The molecule has 0 heterocycles. The Bertz CT molecular complexity index is 435. The topological polar surface area (TPSA) is 39.7 Å². The quantitative estimate of drug-likeness (QED) is 0.712. The van der Waals surface area contributed by atoms with E-state index in [2.05, 4.69) is 5.32 Å². The summed E-state index contributed by atoms with van der Waals surface area (Å²) in [5.41, 5.74) is 1.07. The first-order chi connectivity index (χ1) is 9.74. The van der Waals surface area contributed by atoms with Gasteiger partial charge in [-0.2, -0.15) is 0 Å². The van der Waals surface area contributed by atoms with E-state index in [1.807, 2.05) is 12.1 Å². The lowest BCUT2D eigenvalue weighted by Crippen LogP contribution is -2.18. The van der Waals surface area contributed by atoms with Crippen LogP contribution in [0.25, 0.3) is 0 Å². The average Bonchev–Trinajstić information content (AvgIpc) is 3.26. The van der Waals surface area contributed by atoms with Crippen LogP contribution in [0.3, 0.4) is 0 Å². The highest BCUT2D eigenvalue weighted by atomic mass is 35.5. The van der Waals surface area contributed by atoms with E-state index in [4.69, 9.17) is 25.8 Å². The fourth-order valence-electron chi connectivity index (χ4n) is 1.91. The van der Waals surface area contributed by atoms with E-state index in [1.165, 1.54) is 12.8 Å². The lowest BCUT2D eigenvalue weighted by molar-refractivity contribution is 0.199. The summed E-state index contributed by atoms with van der Waals surface area (Å²) in [6, 6.07) is 3.89. The first kappa shape index (κ1) is 15.4. The fourth-order valence-corrected chi connectivity index (χ4v) is 2.20. The van der Waals surface area contributed by atoms with Gasteiger partial charge in [0.15, 0.2) is 11.5 Å². The van der Waals surface area contributed by atoms with Crippen molar-refractivity contribution in [1.82, 2.24) is 5.32 Å². The summed E-state index contributed by atoms with van der Waals surface area (Å²) in [6.07, 6.45) is 2.50. The van der Waals surface area contributed by atoms with Gasteiger partial charge >= 0.3 is 0 Å². The second-order valence-electron chi connectivity index (χ2n) is 5.03. The molecule has 1 N–H and O–H groups in total. The second-order valence-corrected chi connectivity index (χ2v) is 5.44. The highest BCUT2D eigenvalue weighted by molar-refractivity contribution is 6.32. The Morgan fingerprint density at radius 2 is 2.10 bits per heavy atom. The van der Waals surface area contributed by atoms with Gasteiger partial charge in [-0.15, -0.1) is 0 Å². The predicted molar refractivity (Wildman–Crippen MR) is 79.8 cm³/mol. The number of nitrogens with one attached hydrogen (secondary N) is 1. The van der Waals surface area contributed by atoms with E-state index < -0.39 is 0 Å². The van der Waals surface area contributed by atoms with Crippen molar-refractivity contribution in [3.05, 3.63) is 22.7 Å². The molecule has 1 aromatic carbocycles. The highest BCUT2D eigenvalue weighted by Gasteiger charge is 2.23. The number of rotatable bonds is 9.